The van der Waals surface area contributed by atoms with Gasteiger partial charge in [-0.3, -0.25) is 9.97 Å². The molecular formula is C32H40N2. The number of pyridine rings is 2. The lowest BCUT2D eigenvalue weighted by atomic mass is 9.97. The van der Waals surface area contributed by atoms with Crippen molar-refractivity contribution in [2.24, 2.45) is 0 Å². The molecule has 2 heterocycles. The van der Waals surface area contributed by atoms with E-state index < -0.39 is 0 Å². The molecule has 2 nitrogen and oxygen atoms in total. The van der Waals surface area contributed by atoms with Gasteiger partial charge in [0.25, 0.3) is 0 Å². The van der Waals surface area contributed by atoms with Gasteiger partial charge in [0, 0.05) is 23.2 Å². The Morgan fingerprint density at radius 1 is 0.382 bits per heavy atom. The van der Waals surface area contributed by atoms with Gasteiger partial charge in [0.05, 0.1) is 11.0 Å². The molecule has 0 bridgehead atoms. The Bertz CT molecular complexity index is 1120. The van der Waals surface area contributed by atoms with Gasteiger partial charge in [-0.1, -0.05) is 128 Å². The van der Waals surface area contributed by atoms with Gasteiger partial charge in [0.2, 0.25) is 0 Å². The summed E-state index contributed by atoms with van der Waals surface area (Å²) in [4.78, 5) is 9.34. The summed E-state index contributed by atoms with van der Waals surface area (Å²) in [6.45, 7) is 16.0. The van der Waals surface area contributed by atoms with Crippen molar-refractivity contribution in [3.8, 4) is 22.3 Å². The Morgan fingerprint density at radius 2 is 0.706 bits per heavy atom. The molecule has 34 heavy (non-hydrogen) atoms. The van der Waals surface area contributed by atoms with Crippen LogP contribution in [0, 0.1) is 0 Å². The maximum absolute atomic E-state index is 4.67. The van der Waals surface area contributed by atoms with Gasteiger partial charge >= 0.3 is 0 Å². The van der Waals surface area contributed by atoms with Crippen LogP contribution in [0.1, 0.15) is 55.4 Å². The fraction of sp³-hybridized carbons (Fsp3) is 0.250. The Morgan fingerprint density at radius 3 is 1.03 bits per heavy atom. The van der Waals surface area contributed by atoms with Crippen molar-refractivity contribution in [2.45, 2.75) is 55.4 Å². The zero-order valence-electron chi connectivity index (χ0n) is 22.1. The van der Waals surface area contributed by atoms with Crippen LogP contribution in [-0.4, -0.2) is 9.97 Å². The third-order valence-electron chi connectivity index (χ3n) is 4.79. The third-order valence-corrected chi connectivity index (χ3v) is 4.79. The second-order valence-electron chi connectivity index (χ2n) is 6.31. The monoisotopic (exact) mass is 452 g/mol. The van der Waals surface area contributed by atoms with Crippen molar-refractivity contribution in [1.29, 1.82) is 0 Å². The number of rotatable bonds is 2. The molecule has 0 saturated heterocycles. The Hall–Kier alpha value is -3.52. The van der Waals surface area contributed by atoms with Crippen molar-refractivity contribution < 1.29 is 0 Å². The fourth-order valence-corrected chi connectivity index (χ4v) is 3.57. The quantitative estimate of drug-likeness (QED) is 0.249. The maximum atomic E-state index is 4.67. The Balaban J connectivity index is 0.000000659. The van der Waals surface area contributed by atoms with E-state index in [0.29, 0.717) is 0 Å². The number of hydrogen-bond donors (Lipinski definition) is 0. The first-order valence-corrected chi connectivity index (χ1v) is 12.7. The van der Waals surface area contributed by atoms with Crippen LogP contribution in [0.2, 0.25) is 0 Å². The van der Waals surface area contributed by atoms with E-state index in [1.54, 1.807) is 0 Å². The van der Waals surface area contributed by atoms with Gasteiger partial charge in [0.1, 0.15) is 0 Å². The highest BCUT2D eigenvalue weighted by Gasteiger charge is 2.11. The highest BCUT2D eigenvalue weighted by molar-refractivity contribution is 6.11. The minimum Gasteiger partial charge on any atom is -0.254 e. The molecule has 0 aliphatic heterocycles. The van der Waals surface area contributed by atoms with E-state index in [1.807, 2.05) is 79.9 Å². The molecule has 5 aromatic rings. The molecule has 0 saturated carbocycles. The first-order chi connectivity index (χ1) is 16.9. The second kappa shape index (κ2) is 16.1. The molecule has 3 aromatic carbocycles. The van der Waals surface area contributed by atoms with Crippen LogP contribution >= 0.6 is 0 Å². The average Bonchev–Trinajstić information content (AvgIpc) is 2.97. The average molecular weight is 453 g/mol. The number of fused-ring (bicyclic) bond motifs is 3. The molecule has 178 valence electrons. The zero-order chi connectivity index (χ0) is 25.3. The molecule has 0 spiro atoms. The highest BCUT2D eigenvalue weighted by Crippen LogP contribution is 2.34. The van der Waals surface area contributed by atoms with E-state index in [2.05, 4.69) is 82.8 Å². The SMILES string of the molecule is CC.CC.CC.CC.c1ccc(-c2ccnc3c2ccc2c(-c4ccccc4)ccnc23)cc1. The fourth-order valence-electron chi connectivity index (χ4n) is 3.57. The first kappa shape index (κ1) is 28.5. The lowest BCUT2D eigenvalue weighted by Crippen LogP contribution is -1.90. The molecular weight excluding hydrogens is 412 g/mol. The molecule has 0 amide bonds. The van der Waals surface area contributed by atoms with Crippen LogP contribution in [-0.2, 0) is 0 Å². The van der Waals surface area contributed by atoms with Gasteiger partial charge in [-0.25, -0.2) is 0 Å². The number of hydrogen-bond acceptors (Lipinski definition) is 2. The van der Waals surface area contributed by atoms with Gasteiger partial charge in [-0.05, 0) is 34.4 Å². The molecule has 0 N–H and O–H groups in total. The zero-order valence-corrected chi connectivity index (χ0v) is 22.1. The standard InChI is InChI=1S/C24H16N2.4C2H6/c1-3-7-17(8-4-1)19-13-15-25-23-21(19)11-12-22-20(14-16-26-24(22)23)18-9-5-2-6-10-18;4*1-2/h1-16H;4*1-2H3. The topological polar surface area (TPSA) is 25.8 Å². The molecule has 0 unspecified atom stereocenters. The molecule has 5 rings (SSSR count). The molecule has 0 aliphatic rings. The van der Waals surface area contributed by atoms with E-state index in [4.69, 9.17) is 0 Å². The van der Waals surface area contributed by atoms with Crippen molar-refractivity contribution in [3.05, 3.63) is 97.3 Å². The molecule has 2 aromatic heterocycles. The van der Waals surface area contributed by atoms with E-state index in [-0.39, 0.29) is 0 Å². The predicted octanol–water partition coefficient (Wildman–Crippen LogP) is 10.2. The molecule has 0 radical (unpaired) electrons. The Labute approximate surface area is 206 Å². The van der Waals surface area contributed by atoms with Gasteiger partial charge in [-0.15, -0.1) is 0 Å². The minimum absolute atomic E-state index is 0.946. The van der Waals surface area contributed by atoms with E-state index in [0.717, 1.165) is 21.8 Å². The van der Waals surface area contributed by atoms with E-state index >= 15 is 0 Å². The lowest BCUT2D eigenvalue weighted by molar-refractivity contribution is 1.37. The third kappa shape index (κ3) is 6.51. The summed E-state index contributed by atoms with van der Waals surface area (Å²) in [6, 6.07) is 29.3. The first-order valence-electron chi connectivity index (χ1n) is 12.7. The van der Waals surface area contributed by atoms with Crippen LogP contribution < -0.4 is 0 Å². The Kier molecular flexibility index (Phi) is 13.5. The molecule has 0 aliphatic carbocycles. The van der Waals surface area contributed by atoms with Crippen LogP contribution in [0.4, 0.5) is 0 Å². The van der Waals surface area contributed by atoms with Crippen molar-refractivity contribution in [3.63, 3.8) is 0 Å². The van der Waals surface area contributed by atoms with Gasteiger partial charge in [0.15, 0.2) is 0 Å². The summed E-state index contributed by atoms with van der Waals surface area (Å²) in [5.41, 5.74) is 6.65. The predicted molar refractivity (Wildman–Crippen MR) is 153 cm³/mol. The van der Waals surface area contributed by atoms with Crippen LogP contribution in [0.25, 0.3) is 44.1 Å². The molecule has 2 heteroatoms. The van der Waals surface area contributed by atoms with Crippen LogP contribution in [0.15, 0.2) is 97.3 Å². The summed E-state index contributed by atoms with van der Waals surface area (Å²) in [7, 11) is 0. The van der Waals surface area contributed by atoms with E-state index in [9.17, 15) is 0 Å². The maximum Gasteiger partial charge on any atom is 0.0970 e. The second-order valence-corrected chi connectivity index (χ2v) is 6.31. The molecule has 0 atom stereocenters. The molecule has 0 fully saturated rings. The number of benzene rings is 3. The summed E-state index contributed by atoms with van der Waals surface area (Å²) >= 11 is 0. The van der Waals surface area contributed by atoms with Gasteiger partial charge < -0.3 is 0 Å². The van der Waals surface area contributed by atoms with Crippen molar-refractivity contribution in [2.75, 3.05) is 0 Å². The van der Waals surface area contributed by atoms with Crippen LogP contribution in [0.5, 0.6) is 0 Å². The number of nitrogens with zero attached hydrogens (tertiary/aromatic N) is 2. The van der Waals surface area contributed by atoms with Gasteiger partial charge in [-0.2, -0.15) is 0 Å². The van der Waals surface area contributed by atoms with E-state index in [1.165, 1.54) is 22.3 Å². The minimum atomic E-state index is 0.946. The summed E-state index contributed by atoms with van der Waals surface area (Å²) in [5, 5.41) is 2.26. The summed E-state index contributed by atoms with van der Waals surface area (Å²) in [5.74, 6) is 0. The smallest absolute Gasteiger partial charge is 0.0970 e. The highest BCUT2D eigenvalue weighted by atomic mass is 14.7. The summed E-state index contributed by atoms with van der Waals surface area (Å²) < 4.78 is 0. The van der Waals surface area contributed by atoms with Crippen molar-refractivity contribution >= 4 is 21.8 Å². The summed E-state index contributed by atoms with van der Waals surface area (Å²) in [6.07, 6.45) is 3.75. The largest absolute Gasteiger partial charge is 0.254 e. The van der Waals surface area contributed by atoms with Crippen LogP contribution in [0.3, 0.4) is 0 Å². The number of aromatic nitrogens is 2. The lowest BCUT2D eigenvalue weighted by Gasteiger charge is -2.11. The van der Waals surface area contributed by atoms with Crippen molar-refractivity contribution in [1.82, 2.24) is 9.97 Å². The normalized spacial score (nSPS) is 9.18.